The molecule has 1 aliphatic rings. The largest absolute Gasteiger partial charge is 0.366 e. The lowest BCUT2D eigenvalue weighted by Crippen LogP contribution is -2.19. The molecule has 0 amide bonds. The zero-order valence-electron chi connectivity index (χ0n) is 8.36. The summed E-state index contributed by atoms with van der Waals surface area (Å²) in [6.07, 6.45) is 3.09. The fourth-order valence-corrected chi connectivity index (χ4v) is 1.68. The van der Waals surface area contributed by atoms with Crippen molar-refractivity contribution in [3.63, 3.8) is 0 Å². The fourth-order valence-electron chi connectivity index (χ4n) is 1.68. The minimum atomic E-state index is 0.0418. The minimum Gasteiger partial charge on any atom is -0.366 e. The molecule has 0 spiro atoms. The van der Waals surface area contributed by atoms with Crippen LogP contribution in [0, 0.1) is 0 Å². The average Bonchev–Trinajstić information content (AvgIpc) is 2.86. The van der Waals surface area contributed by atoms with E-state index in [2.05, 4.69) is 15.2 Å². The zero-order chi connectivity index (χ0) is 9.97. The van der Waals surface area contributed by atoms with Crippen LogP contribution in [0.5, 0.6) is 0 Å². The van der Waals surface area contributed by atoms with Crippen LogP contribution in [0.4, 0.5) is 0 Å². The minimum absolute atomic E-state index is 0.0418. The van der Waals surface area contributed by atoms with Gasteiger partial charge in [0.15, 0.2) is 5.82 Å². The first-order valence-corrected chi connectivity index (χ1v) is 5.10. The number of nitrogens with two attached hydrogens (primary N) is 1. The van der Waals surface area contributed by atoms with Crippen molar-refractivity contribution in [2.45, 2.75) is 38.4 Å². The molecule has 14 heavy (non-hydrogen) atoms. The van der Waals surface area contributed by atoms with E-state index >= 15 is 0 Å². The molecule has 0 radical (unpaired) electrons. The van der Waals surface area contributed by atoms with Gasteiger partial charge in [-0.15, -0.1) is 0 Å². The quantitative estimate of drug-likeness (QED) is 0.740. The van der Waals surface area contributed by atoms with Crippen LogP contribution >= 0.6 is 0 Å². The number of nitrogens with one attached hydrogen (secondary N) is 1. The molecule has 1 aliphatic heterocycles. The Morgan fingerprint density at radius 3 is 3.00 bits per heavy atom. The summed E-state index contributed by atoms with van der Waals surface area (Å²) in [4.78, 5) is 4.35. The van der Waals surface area contributed by atoms with E-state index in [0.717, 1.165) is 30.9 Å². The van der Waals surface area contributed by atoms with Gasteiger partial charge in [0.1, 0.15) is 11.9 Å². The Morgan fingerprint density at radius 2 is 2.43 bits per heavy atom. The van der Waals surface area contributed by atoms with Gasteiger partial charge in [0.2, 0.25) is 0 Å². The summed E-state index contributed by atoms with van der Waals surface area (Å²) < 4.78 is 5.68. The molecule has 0 saturated carbocycles. The lowest BCUT2D eigenvalue weighted by Gasteiger charge is -2.08. The predicted molar refractivity (Wildman–Crippen MR) is 51.7 cm³/mol. The maximum Gasteiger partial charge on any atom is 0.179 e. The van der Waals surface area contributed by atoms with Crippen LogP contribution in [0.1, 0.15) is 37.5 Å². The number of aryl methyl sites for hydroxylation is 1. The fraction of sp³-hybridized carbons (Fsp3) is 0.778. The molecule has 1 aromatic rings. The van der Waals surface area contributed by atoms with E-state index < -0.39 is 0 Å². The topological polar surface area (TPSA) is 76.8 Å². The molecule has 78 valence electrons. The third-order valence-electron chi connectivity index (χ3n) is 2.54. The predicted octanol–water partition coefficient (Wildman–Crippen LogP) is 0.546. The van der Waals surface area contributed by atoms with E-state index in [1.54, 1.807) is 0 Å². The molecule has 2 unspecified atom stereocenters. The molecule has 5 heteroatoms. The summed E-state index contributed by atoms with van der Waals surface area (Å²) in [5, 5.41) is 7.03. The van der Waals surface area contributed by atoms with E-state index in [9.17, 15) is 0 Å². The SMILES string of the molecule is CCc1nc(C2CCC(CN)O2)n[nH]1. The second-order valence-electron chi connectivity index (χ2n) is 3.55. The van der Waals surface area contributed by atoms with Crippen molar-refractivity contribution in [1.82, 2.24) is 15.2 Å². The first kappa shape index (κ1) is 9.61. The molecule has 0 aliphatic carbocycles. The molecule has 1 fully saturated rings. The van der Waals surface area contributed by atoms with Gasteiger partial charge in [-0.05, 0) is 12.8 Å². The van der Waals surface area contributed by atoms with Crippen molar-refractivity contribution in [2.75, 3.05) is 6.54 Å². The third kappa shape index (κ3) is 1.78. The molecule has 5 nitrogen and oxygen atoms in total. The van der Waals surface area contributed by atoms with Crippen LogP contribution < -0.4 is 5.73 Å². The smallest absolute Gasteiger partial charge is 0.179 e. The Kier molecular flexibility index (Phi) is 2.79. The van der Waals surface area contributed by atoms with Gasteiger partial charge in [-0.1, -0.05) is 6.92 Å². The second-order valence-corrected chi connectivity index (χ2v) is 3.55. The van der Waals surface area contributed by atoms with Crippen molar-refractivity contribution >= 4 is 0 Å². The Labute approximate surface area is 83.1 Å². The normalized spacial score (nSPS) is 27.0. The number of hydrogen-bond acceptors (Lipinski definition) is 4. The van der Waals surface area contributed by atoms with E-state index in [-0.39, 0.29) is 12.2 Å². The summed E-state index contributed by atoms with van der Waals surface area (Å²) in [7, 11) is 0. The molecular formula is C9H16N4O. The Bertz CT molecular complexity index is 299. The number of hydrogen-bond donors (Lipinski definition) is 2. The van der Waals surface area contributed by atoms with Gasteiger partial charge in [-0.3, -0.25) is 5.10 Å². The van der Waals surface area contributed by atoms with Crippen LogP contribution in [0.25, 0.3) is 0 Å². The summed E-state index contributed by atoms with van der Waals surface area (Å²) in [6.45, 7) is 2.63. The van der Waals surface area contributed by atoms with Crippen LogP contribution in [0.15, 0.2) is 0 Å². The standard InChI is InChI=1S/C9H16N4O/c1-2-8-11-9(13-12-8)7-4-3-6(5-10)14-7/h6-7H,2-5,10H2,1H3,(H,11,12,13). The second kappa shape index (κ2) is 4.06. The summed E-state index contributed by atoms with van der Waals surface area (Å²) >= 11 is 0. The van der Waals surface area contributed by atoms with Crippen molar-refractivity contribution in [2.24, 2.45) is 5.73 Å². The summed E-state index contributed by atoms with van der Waals surface area (Å²) in [6, 6.07) is 0. The van der Waals surface area contributed by atoms with E-state index in [4.69, 9.17) is 10.5 Å². The molecule has 1 saturated heterocycles. The number of nitrogens with zero attached hydrogens (tertiary/aromatic N) is 2. The van der Waals surface area contributed by atoms with Gasteiger partial charge in [0.05, 0.1) is 6.10 Å². The molecule has 0 bridgehead atoms. The maximum absolute atomic E-state index is 5.68. The first-order valence-electron chi connectivity index (χ1n) is 5.10. The highest BCUT2D eigenvalue weighted by molar-refractivity contribution is 4.96. The van der Waals surface area contributed by atoms with E-state index in [0.29, 0.717) is 6.54 Å². The highest BCUT2D eigenvalue weighted by Crippen LogP contribution is 2.29. The van der Waals surface area contributed by atoms with Crippen LogP contribution in [0.2, 0.25) is 0 Å². The average molecular weight is 196 g/mol. The van der Waals surface area contributed by atoms with Gasteiger partial charge >= 0.3 is 0 Å². The Hall–Kier alpha value is -0.940. The molecule has 0 aromatic carbocycles. The summed E-state index contributed by atoms with van der Waals surface area (Å²) in [5.74, 6) is 1.69. The molecule has 2 atom stereocenters. The molecule has 2 heterocycles. The van der Waals surface area contributed by atoms with Crippen molar-refractivity contribution in [3.05, 3.63) is 11.6 Å². The van der Waals surface area contributed by atoms with E-state index in [1.165, 1.54) is 0 Å². The molecular weight excluding hydrogens is 180 g/mol. The lowest BCUT2D eigenvalue weighted by atomic mass is 10.2. The van der Waals surface area contributed by atoms with E-state index in [1.807, 2.05) is 6.92 Å². The summed E-state index contributed by atoms with van der Waals surface area (Å²) in [5.41, 5.74) is 5.53. The third-order valence-corrected chi connectivity index (χ3v) is 2.54. The van der Waals surface area contributed by atoms with Gasteiger partial charge < -0.3 is 10.5 Å². The number of aromatic amines is 1. The van der Waals surface area contributed by atoms with Crippen molar-refractivity contribution < 1.29 is 4.74 Å². The number of ether oxygens (including phenoxy) is 1. The lowest BCUT2D eigenvalue weighted by molar-refractivity contribution is 0.0449. The number of rotatable bonds is 3. The van der Waals surface area contributed by atoms with Crippen molar-refractivity contribution in [1.29, 1.82) is 0 Å². The highest BCUT2D eigenvalue weighted by Gasteiger charge is 2.28. The molecule has 1 aromatic heterocycles. The van der Waals surface area contributed by atoms with Gasteiger partial charge in [-0.2, -0.15) is 5.10 Å². The van der Waals surface area contributed by atoms with Crippen molar-refractivity contribution in [3.8, 4) is 0 Å². The number of aromatic nitrogens is 3. The Balaban J connectivity index is 2.02. The van der Waals surface area contributed by atoms with Gasteiger partial charge in [0, 0.05) is 13.0 Å². The molecule has 2 rings (SSSR count). The zero-order valence-corrected chi connectivity index (χ0v) is 8.36. The number of H-pyrrole nitrogens is 1. The van der Waals surface area contributed by atoms with Crippen LogP contribution in [0.3, 0.4) is 0 Å². The van der Waals surface area contributed by atoms with Gasteiger partial charge in [0.25, 0.3) is 0 Å². The van der Waals surface area contributed by atoms with Gasteiger partial charge in [-0.25, -0.2) is 4.98 Å². The first-order chi connectivity index (χ1) is 6.83. The highest BCUT2D eigenvalue weighted by atomic mass is 16.5. The monoisotopic (exact) mass is 196 g/mol. The molecule has 3 N–H and O–H groups in total. The van der Waals surface area contributed by atoms with Crippen LogP contribution in [-0.2, 0) is 11.2 Å². The van der Waals surface area contributed by atoms with Crippen LogP contribution in [-0.4, -0.2) is 27.8 Å². The maximum atomic E-state index is 5.68. The Morgan fingerprint density at radius 1 is 1.57 bits per heavy atom.